The van der Waals surface area contributed by atoms with Gasteiger partial charge in [-0.3, -0.25) is 14.9 Å². The third-order valence-electron chi connectivity index (χ3n) is 3.34. The number of rotatable bonds is 4. The normalized spacial score (nSPS) is 16.3. The number of carbonyl (C=O) groups is 1. The van der Waals surface area contributed by atoms with Crippen LogP contribution in [0.1, 0.15) is 19.3 Å². The highest BCUT2D eigenvalue weighted by molar-refractivity contribution is 5.99. The van der Waals surface area contributed by atoms with Gasteiger partial charge in [-0.1, -0.05) is 0 Å². The van der Waals surface area contributed by atoms with E-state index in [2.05, 4.69) is 5.32 Å². The maximum atomic E-state index is 12.0. The van der Waals surface area contributed by atoms with E-state index in [4.69, 9.17) is 10.5 Å². The van der Waals surface area contributed by atoms with Crippen molar-refractivity contribution in [1.29, 1.82) is 0 Å². The number of nitrogens with zero attached hydrogens (tertiary/aromatic N) is 1. The zero-order valence-corrected chi connectivity index (χ0v) is 10.5. The maximum absolute atomic E-state index is 12.0. The Hall–Kier alpha value is -2.15. The number of non-ortho nitro benzene ring substituents is 1. The molecule has 0 aliphatic heterocycles. The minimum absolute atomic E-state index is 0.115. The second-order valence-electron chi connectivity index (χ2n) is 4.61. The summed E-state index contributed by atoms with van der Waals surface area (Å²) < 4.78 is 5.07. The van der Waals surface area contributed by atoms with E-state index in [0.29, 0.717) is 18.6 Å². The van der Waals surface area contributed by atoms with Gasteiger partial charge >= 0.3 is 0 Å². The lowest BCUT2D eigenvalue weighted by atomic mass is 9.77. The number of nitrogens with two attached hydrogens (primary N) is 1. The van der Waals surface area contributed by atoms with Crippen LogP contribution in [0.4, 0.5) is 11.4 Å². The number of nitrogens with one attached hydrogen (secondary N) is 1. The van der Waals surface area contributed by atoms with E-state index in [1.807, 2.05) is 0 Å². The SMILES string of the molecule is COc1ccc([N+](=O)[O-])cc1NC(=O)C1(N)CCC1. The Morgan fingerprint density at radius 2 is 2.21 bits per heavy atom. The van der Waals surface area contributed by atoms with Gasteiger partial charge in [0.15, 0.2) is 0 Å². The molecule has 102 valence electrons. The Labute approximate surface area is 109 Å². The molecule has 3 N–H and O–H groups in total. The lowest BCUT2D eigenvalue weighted by Gasteiger charge is -2.36. The monoisotopic (exact) mass is 265 g/mol. The van der Waals surface area contributed by atoms with Crippen molar-refractivity contribution >= 4 is 17.3 Å². The Morgan fingerprint density at radius 3 is 2.68 bits per heavy atom. The van der Waals surface area contributed by atoms with Crippen LogP contribution in [-0.4, -0.2) is 23.5 Å². The number of carbonyl (C=O) groups excluding carboxylic acids is 1. The Kier molecular flexibility index (Phi) is 3.39. The third kappa shape index (κ3) is 2.50. The van der Waals surface area contributed by atoms with Gasteiger partial charge in [0, 0.05) is 12.1 Å². The van der Waals surface area contributed by atoms with Crippen LogP contribution in [0.25, 0.3) is 0 Å². The molecule has 0 aromatic heterocycles. The van der Waals surface area contributed by atoms with Gasteiger partial charge in [0.2, 0.25) is 5.91 Å². The Balaban J connectivity index is 2.24. The molecule has 1 saturated carbocycles. The van der Waals surface area contributed by atoms with Crippen molar-refractivity contribution in [2.24, 2.45) is 5.73 Å². The number of amides is 1. The first-order valence-corrected chi connectivity index (χ1v) is 5.89. The number of nitro groups is 1. The third-order valence-corrected chi connectivity index (χ3v) is 3.34. The van der Waals surface area contributed by atoms with Crippen LogP contribution in [0, 0.1) is 10.1 Å². The molecule has 0 spiro atoms. The van der Waals surface area contributed by atoms with Gasteiger partial charge in [-0.2, -0.15) is 0 Å². The lowest BCUT2D eigenvalue weighted by molar-refractivity contribution is -0.384. The molecule has 1 aliphatic rings. The minimum Gasteiger partial charge on any atom is -0.495 e. The van der Waals surface area contributed by atoms with E-state index in [-0.39, 0.29) is 17.3 Å². The standard InChI is InChI=1S/C12H15N3O4/c1-19-10-4-3-8(15(17)18)7-9(10)14-11(16)12(13)5-2-6-12/h3-4,7H,2,5-6,13H2,1H3,(H,14,16). The van der Waals surface area contributed by atoms with Gasteiger partial charge in [-0.15, -0.1) is 0 Å². The summed E-state index contributed by atoms with van der Waals surface area (Å²) >= 11 is 0. The predicted molar refractivity (Wildman–Crippen MR) is 69.0 cm³/mol. The average Bonchev–Trinajstić information content (AvgIpc) is 2.35. The molecule has 1 aromatic carbocycles. The largest absolute Gasteiger partial charge is 0.495 e. The van der Waals surface area contributed by atoms with Crippen molar-refractivity contribution in [2.75, 3.05) is 12.4 Å². The second-order valence-corrected chi connectivity index (χ2v) is 4.61. The fourth-order valence-corrected chi connectivity index (χ4v) is 1.94. The molecule has 0 saturated heterocycles. The highest BCUT2D eigenvalue weighted by atomic mass is 16.6. The van der Waals surface area contributed by atoms with Gasteiger partial charge in [0.1, 0.15) is 5.75 Å². The van der Waals surface area contributed by atoms with Crippen molar-refractivity contribution in [3.8, 4) is 5.75 Å². The first-order chi connectivity index (χ1) is 8.96. The highest BCUT2D eigenvalue weighted by Crippen LogP contribution is 2.33. The fraction of sp³-hybridized carbons (Fsp3) is 0.417. The molecule has 1 amide bonds. The highest BCUT2D eigenvalue weighted by Gasteiger charge is 2.40. The fourth-order valence-electron chi connectivity index (χ4n) is 1.94. The molecule has 0 atom stereocenters. The molecule has 0 radical (unpaired) electrons. The molecular weight excluding hydrogens is 250 g/mol. The smallest absolute Gasteiger partial charge is 0.271 e. The predicted octanol–water partition coefficient (Wildman–Crippen LogP) is 1.42. The molecule has 19 heavy (non-hydrogen) atoms. The lowest BCUT2D eigenvalue weighted by Crippen LogP contribution is -2.56. The molecule has 0 unspecified atom stereocenters. The Bertz CT molecular complexity index is 526. The number of hydrogen-bond acceptors (Lipinski definition) is 5. The zero-order chi connectivity index (χ0) is 14.0. The van der Waals surface area contributed by atoms with Crippen molar-refractivity contribution in [1.82, 2.24) is 0 Å². The summed E-state index contributed by atoms with van der Waals surface area (Å²) in [7, 11) is 1.43. The molecule has 2 rings (SSSR count). The summed E-state index contributed by atoms with van der Waals surface area (Å²) in [6.45, 7) is 0. The molecule has 1 fully saturated rings. The minimum atomic E-state index is -0.865. The van der Waals surface area contributed by atoms with Crippen LogP contribution in [0.3, 0.4) is 0 Å². The van der Waals surface area contributed by atoms with Crippen molar-refractivity contribution in [3.63, 3.8) is 0 Å². The topological polar surface area (TPSA) is 107 Å². The zero-order valence-electron chi connectivity index (χ0n) is 10.5. The maximum Gasteiger partial charge on any atom is 0.271 e. The van der Waals surface area contributed by atoms with Crippen molar-refractivity contribution in [2.45, 2.75) is 24.8 Å². The van der Waals surface area contributed by atoms with E-state index in [0.717, 1.165) is 6.42 Å². The van der Waals surface area contributed by atoms with Crippen LogP contribution >= 0.6 is 0 Å². The van der Waals surface area contributed by atoms with Gasteiger partial charge in [0.05, 0.1) is 23.3 Å². The number of hydrogen-bond donors (Lipinski definition) is 2. The van der Waals surface area contributed by atoms with Crippen LogP contribution < -0.4 is 15.8 Å². The number of ether oxygens (including phenoxy) is 1. The molecule has 0 bridgehead atoms. The molecule has 7 nitrogen and oxygen atoms in total. The van der Waals surface area contributed by atoms with Crippen molar-refractivity contribution in [3.05, 3.63) is 28.3 Å². The number of nitro benzene ring substituents is 1. The first kappa shape index (κ1) is 13.3. The van der Waals surface area contributed by atoms with E-state index in [1.165, 1.54) is 25.3 Å². The van der Waals surface area contributed by atoms with E-state index < -0.39 is 10.5 Å². The van der Waals surface area contributed by atoms with Crippen LogP contribution in [-0.2, 0) is 4.79 Å². The summed E-state index contributed by atoms with van der Waals surface area (Å²) in [5.41, 5.74) is 5.18. The average molecular weight is 265 g/mol. The van der Waals surface area contributed by atoms with E-state index in [9.17, 15) is 14.9 Å². The summed E-state index contributed by atoms with van der Waals surface area (Å²) in [5.74, 6) is 0.0272. The quantitative estimate of drug-likeness (QED) is 0.632. The first-order valence-electron chi connectivity index (χ1n) is 5.89. The van der Waals surface area contributed by atoms with Crippen LogP contribution in [0.2, 0.25) is 0 Å². The summed E-state index contributed by atoms with van der Waals surface area (Å²) in [6, 6.07) is 4.02. The number of methoxy groups -OCH3 is 1. The van der Waals surface area contributed by atoms with E-state index in [1.54, 1.807) is 0 Å². The molecule has 1 aliphatic carbocycles. The van der Waals surface area contributed by atoms with Gasteiger partial charge in [0.25, 0.3) is 5.69 Å². The summed E-state index contributed by atoms with van der Waals surface area (Å²) in [6.07, 6.45) is 2.15. The Morgan fingerprint density at radius 1 is 1.53 bits per heavy atom. The summed E-state index contributed by atoms with van der Waals surface area (Å²) in [5, 5.41) is 13.3. The van der Waals surface area contributed by atoms with Crippen LogP contribution in [0.5, 0.6) is 5.75 Å². The molecule has 7 heteroatoms. The molecular formula is C12H15N3O4. The molecule has 1 aromatic rings. The number of anilines is 1. The second kappa shape index (κ2) is 4.85. The van der Waals surface area contributed by atoms with Gasteiger partial charge in [-0.05, 0) is 25.3 Å². The summed E-state index contributed by atoms with van der Waals surface area (Å²) in [4.78, 5) is 22.2. The van der Waals surface area contributed by atoms with Gasteiger partial charge < -0.3 is 15.8 Å². The number of benzene rings is 1. The molecule has 0 heterocycles. The van der Waals surface area contributed by atoms with Gasteiger partial charge in [-0.25, -0.2) is 0 Å². The van der Waals surface area contributed by atoms with Crippen LogP contribution in [0.15, 0.2) is 18.2 Å². The van der Waals surface area contributed by atoms with E-state index >= 15 is 0 Å². The van der Waals surface area contributed by atoms with Crippen molar-refractivity contribution < 1.29 is 14.5 Å².